The van der Waals surface area contributed by atoms with Crippen LogP contribution in [0.25, 0.3) is 0 Å². The molecule has 0 heterocycles. The molecule has 0 saturated heterocycles. The van der Waals surface area contributed by atoms with Crippen LogP contribution in [0.3, 0.4) is 0 Å². The van der Waals surface area contributed by atoms with Crippen molar-refractivity contribution in [2.75, 3.05) is 13.1 Å². The molecule has 1 saturated carbocycles. The van der Waals surface area contributed by atoms with E-state index in [4.69, 9.17) is 5.73 Å². The van der Waals surface area contributed by atoms with Gasteiger partial charge in [-0.2, -0.15) is 0 Å². The lowest BCUT2D eigenvalue weighted by Crippen LogP contribution is -2.58. The molecule has 0 spiro atoms. The Morgan fingerprint density at radius 1 is 1.36 bits per heavy atom. The van der Waals surface area contributed by atoms with Gasteiger partial charge in [0.15, 0.2) is 0 Å². The minimum absolute atomic E-state index is 0.267. The first-order valence-electron chi connectivity index (χ1n) is 6.24. The molecule has 0 bridgehead atoms. The second kappa shape index (κ2) is 5.72. The molecule has 2 nitrogen and oxygen atoms in total. The highest BCUT2D eigenvalue weighted by Gasteiger charge is 2.37. The van der Waals surface area contributed by atoms with E-state index in [9.17, 15) is 0 Å². The van der Waals surface area contributed by atoms with Crippen LogP contribution in [0.15, 0.2) is 0 Å². The fraction of sp³-hybridized carbons (Fsp3) is 1.00. The van der Waals surface area contributed by atoms with Gasteiger partial charge in [-0.1, -0.05) is 33.1 Å². The fourth-order valence-corrected chi connectivity index (χ4v) is 2.85. The Bertz CT molecular complexity index is 158. The molecular weight excluding hydrogens is 172 g/mol. The van der Waals surface area contributed by atoms with E-state index >= 15 is 0 Å². The van der Waals surface area contributed by atoms with Gasteiger partial charge < -0.3 is 11.1 Å². The summed E-state index contributed by atoms with van der Waals surface area (Å²) in [4.78, 5) is 0. The summed E-state index contributed by atoms with van der Waals surface area (Å²) >= 11 is 0. The van der Waals surface area contributed by atoms with E-state index in [0.29, 0.717) is 0 Å². The van der Waals surface area contributed by atoms with Crippen molar-refractivity contribution in [1.82, 2.24) is 5.32 Å². The lowest BCUT2D eigenvalue weighted by molar-refractivity contribution is 0.144. The van der Waals surface area contributed by atoms with Crippen LogP contribution in [0.5, 0.6) is 0 Å². The van der Waals surface area contributed by atoms with Crippen molar-refractivity contribution in [2.45, 2.75) is 57.9 Å². The van der Waals surface area contributed by atoms with E-state index < -0.39 is 0 Å². The molecule has 0 amide bonds. The zero-order chi connectivity index (χ0) is 10.4. The van der Waals surface area contributed by atoms with Crippen molar-refractivity contribution in [3.8, 4) is 0 Å². The molecule has 14 heavy (non-hydrogen) atoms. The Morgan fingerprint density at radius 3 is 2.71 bits per heavy atom. The maximum absolute atomic E-state index is 5.98. The van der Waals surface area contributed by atoms with Gasteiger partial charge in [0.1, 0.15) is 0 Å². The summed E-state index contributed by atoms with van der Waals surface area (Å²) < 4.78 is 0. The summed E-state index contributed by atoms with van der Waals surface area (Å²) in [6.07, 6.45) is 7.87. The van der Waals surface area contributed by atoms with Gasteiger partial charge in [0.25, 0.3) is 0 Å². The summed E-state index contributed by atoms with van der Waals surface area (Å²) in [6.45, 7) is 6.45. The van der Waals surface area contributed by atoms with Crippen LogP contribution in [0.1, 0.15) is 52.4 Å². The first-order valence-corrected chi connectivity index (χ1v) is 6.24. The van der Waals surface area contributed by atoms with E-state index in [2.05, 4.69) is 19.2 Å². The van der Waals surface area contributed by atoms with Crippen LogP contribution < -0.4 is 11.1 Å². The summed E-state index contributed by atoms with van der Waals surface area (Å²) in [5, 5.41) is 3.71. The predicted octanol–water partition coefficient (Wildman–Crippen LogP) is 2.28. The molecule has 1 rings (SSSR count). The van der Waals surface area contributed by atoms with Crippen LogP contribution in [-0.2, 0) is 0 Å². The largest absolute Gasteiger partial charge is 0.329 e. The second-order valence-electron chi connectivity index (χ2n) is 4.64. The zero-order valence-corrected chi connectivity index (χ0v) is 9.81. The van der Waals surface area contributed by atoms with Gasteiger partial charge in [-0.05, 0) is 31.7 Å². The number of nitrogens with two attached hydrogens (primary N) is 1. The SMILES string of the molecule is CCCNC1(CN)CCCCC1CC. The lowest BCUT2D eigenvalue weighted by Gasteiger charge is -2.44. The Hall–Kier alpha value is -0.0800. The maximum atomic E-state index is 5.98. The first kappa shape index (κ1) is 12.0. The average Bonchev–Trinajstić information content (AvgIpc) is 2.26. The first-order chi connectivity index (χ1) is 6.79. The molecule has 84 valence electrons. The highest BCUT2D eigenvalue weighted by molar-refractivity contribution is 4.97. The van der Waals surface area contributed by atoms with E-state index in [-0.39, 0.29) is 5.54 Å². The van der Waals surface area contributed by atoms with Crippen molar-refractivity contribution in [3.05, 3.63) is 0 Å². The van der Waals surface area contributed by atoms with Crippen LogP contribution in [0, 0.1) is 5.92 Å². The summed E-state index contributed by atoms with van der Waals surface area (Å²) in [5.41, 5.74) is 6.25. The molecule has 2 heteroatoms. The van der Waals surface area contributed by atoms with Crippen LogP contribution in [-0.4, -0.2) is 18.6 Å². The maximum Gasteiger partial charge on any atom is 0.0332 e. The Labute approximate surface area is 88.6 Å². The van der Waals surface area contributed by atoms with Gasteiger partial charge >= 0.3 is 0 Å². The quantitative estimate of drug-likeness (QED) is 0.711. The topological polar surface area (TPSA) is 38.0 Å². The van der Waals surface area contributed by atoms with E-state index in [0.717, 1.165) is 19.0 Å². The summed E-state index contributed by atoms with van der Waals surface area (Å²) in [6, 6.07) is 0. The highest BCUT2D eigenvalue weighted by Crippen LogP contribution is 2.35. The Kier molecular flexibility index (Phi) is 4.90. The molecule has 3 N–H and O–H groups in total. The summed E-state index contributed by atoms with van der Waals surface area (Å²) in [5.74, 6) is 0.799. The standard InChI is InChI=1S/C12H26N2/c1-3-9-14-12(10-13)8-6-5-7-11(12)4-2/h11,14H,3-10,13H2,1-2H3. The van der Waals surface area contributed by atoms with Crippen molar-refractivity contribution < 1.29 is 0 Å². The second-order valence-corrected chi connectivity index (χ2v) is 4.64. The number of nitrogens with one attached hydrogen (secondary N) is 1. The van der Waals surface area contributed by atoms with Gasteiger partial charge in [0.2, 0.25) is 0 Å². The lowest BCUT2D eigenvalue weighted by atomic mass is 9.71. The number of hydrogen-bond donors (Lipinski definition) is 2. The van der Waals surface area contributed by atoms with Crippen molar-refractivity contribution >= 4 is 0 Å². The third-order valence-corrected chi connectivity index (χ3v) is 3.79. The zero-order valence-electron chi connectivity index (χ0n) is 9.81. The van der Waals surface area contributed by atoms with E-state index in [1.165, 1.54) is 38.5 Å². The van der Waals surface area contributed by atoms with Crippen molar-refractivity contribution in [1.29, 1.82) is 0 Å². The summed E-state index contributed by atoms with van der Waals surface area (Å²) in [7, 11) is 0. The van der Waals surface area contributed by atoms with Crippen molar-refractivity contribution in [2.24, 2.45) is 11.7 Å². The van der Waals surface area contributed by atoms with Gasteiger partial charge in [0.05, 0.1) is 0 Å². The third kappa shape index (κ3) is 2.48. The molecule has 2 unspecified atom stereocenters. The van der Waals surface area contributed by atoms with E-state index in [1.807, 2.05) is 0 Å². The molecule has 1 aliphatic rings. The van der Waals surface area contributed by atoms with Gasteiger partial charge in [0, 0.05) is 12.1 Å². The number of rotatable bonds is 5. The molecule has 1 aliphatic carbocycles. The minimum Gasteiger partial charge on any atom is -0.329 e. The average molecular weight is 198 g/mol. The molecule has 0 aromatic rings. The smallest absolute Gasteiger partial charge is 0.0332 e. The fourth-order valence-electron chi connectivity index (χ4n) is 2.85. The van der Waals surface area contributed by atoms with Crippen LogP contribution in [0.2, 0.25) is 0 Å². The predicted molar refractivity (Wildman–Crippen MR) is 62.3 cm³/mol. The molecule has 0 aromatic carbocycles. The normalized spacial score (nSPS) is 33.2. The van der Waals surface area contributed by atoms with Crippen molar-refractivity contribution in [3.63, 3.8) is 0 Å². The van der Waals surface area contributed by atoms with Crippen LogP contribution >= 0.6 is 0 Å². The molecule has 2 atom stereocenters. The number of hydrogen-bond acceptors (Lipinski definition) is 2. The van der Waals surface area contributed by atoms with Crippen LogP contribution in [0.4, 0.5) is 0 Å². The van der Waals surface area contributed by atoms with Gasteiger partial charge in [-0.25, -0.2) is 0 Å². The molecule has 0 aliphatic heterocycles. The Morgan fingerprint density at radius 2 is 2.14 bits per heavy atom. The highest BCUT2D eigenvalue weighted by atomic mass is 15.0. The van der Waals surface area contributed by atoms with E-state index in [1.54, 1.807) is 0 Å². The molecular formula is C12H26N2. The minimum atomic E-state index is 0.267. The molecule has 1 fully saturated rings. The van der Waals surface area contributed by atoms with Gasteiger partial charge in [-0.3, -0.25) is 0 Å². The molecule has 0 radical (unpaired) electrons. The monoisotopic (exact) mass is 198 g/mol. The molecule has 0 aromatic heterocycles. The van der Waals surface area contributed by atoms with Gasteiger partial charge in [-0.15, -0.1) is 0 Å². The third-order valence-electron chi connectivity index (χ3n) is 3.79. The Balaban J connectivity index is 2.60.